The lowest BCUT2D eigenvalue weighted by Crippen LogP contribution is -2.31. The molecule has 5 rings (SSSR count). The zero-order chi connectivity index (χ0) is 22.8. The average molecular weight is 445 g/mol. The highest BCUT2D eigenvalue weighted by Gasteiger charge is 2.36. The van der Waals surface area contributed by atoms with Crippen LogP contribution in [0.15, 0.2) is 53.4 Å². The summed E-state index contributed by atoms with van der Waals surface area (Å²) in [6.45, 7) is 4.91. The molecule has 1 amide bonds. The van der Waals surface area contributed by atoms with Gasteiger partial charge in [-0.25, -0.2) is 4.98 Å². The highest BCUT2D eigenvalue weighted by atomic mass is 16.5. The van der Waals surface area contributed by atoms with Crippen molar-refractivity contribution in [2.45, 2.75) is 32.7 Å². The Morgan fingerprint density at radius 2 is 2.06 bits per heavy atom. The molecule has 1 saturated heterocycles. The first-order chi connectivity index (χ1) is 16.2. The van der Waals surface area contributed by atoms with Crippen LogP contribution >= 0.6 is 0 Å². The van der Waals surface area contributed by atoms with E-state index in [-0.39, 0.29) is 11.9 Å². The van der Waals surface area contributed by atoms with Gasteiger partial charge in [0.15, 0.2) is 0 Å². The molecule has 10 heteroatoms. The summed E-state index contributed by atoms with van der Waals surface area (Å²) >= 11 is 0. The Kier molecular flexibility index (Phi) is 5.55. The van der Waals surface area contributed by atoms with E-state index in [1.807, 2.05) is 38.1 Å². The largest absolute Gasteiger partial charge is 0.477 e. The van der Waals surface area contributed by atoms with Gasteiger partial charge < -0.3 is 14.2 Å². The standard InChI is InChI=1S/C23H23N7O3/c1-3-32-21-16(6-4-10-24-21)20-27-22(33-28-20)19-7-5-13-29(19)23(31)17-14-15(2)8-9-18(17)30-25-11-12-26-30/h4,6,8-12,14,19H,3,5,7,13H2,1-2H3. The molecule has 1 unspecified atom stereocenters. The van der Waals surface area contributed by atoms with Crippen molar-refractivity contribution < 1.29 is 14.1 Å². The summed E-state index contributed by atoms with van der Waals surface area (Å²) in [5.41, 5.74) is 2.79. The Labute approximate surface area is 190 Å². The van der Waals surface area contributed by atoms with Crippen molar-refractivity contribution in [1.29, 1.82) is 0 Å². The highest BCUT2D eigenvalue weighted by molar-refractivity contribution is 5.98. The van der Waals surface area contributed by atoms with Crippen molar-refractivity contribution in [3.63, 3.8) is 0 Å². The van der Waals surface area contributed by atoms with Crippen LogP contribution in [0, 0.1) is 6.92 Å². The fourth-order valence-electron chi connectivity index (χ4n) is 4.05. The number of carbonyl (C=O) groups is 1. The minimum absolute atomic E-state index is 0.121. The van der Waals surface area contributed by atoms with Crippen LogP contribution in [0.2, 0.25) is 0 Å². The zero-order valence-corrected chi connectivity index (χ0v) is 18.4. The molecule has 1 atom stereocenters. The van der Waals surface area contributed by atoms with Gasteiger partial charge in [-0.2, -0.15) is 20.0 Å². The molecule has 1 aliphatic heterocycles. The number of nitrogens with zero attached hydrogens (tertiary/aromatic N) is 7. The van der Waals surface area contributed by atoms with Gasteiger partial charge in [0.2, 0.25) is 17.6 Å². The Hall–Kier alpha value is -4.08. The van der Waals surface area contributed by atoms with Crippen LogP contribution in [0.1, 0.15) is 47.6 Å². The van der Waals surface area contributed by atoms with Gasteiger partial charge in [-0.3, -0.25) is 4.79 Å². The third kappa shape index (κ3) is 3.95. The van der Waals surface area contributed by atoms with Gasteiger partial charge in [0.05, 0.1) is 35.8 Å². The molecule has 1 aromatic carbocycles. The number of pyridine rings is 1. The number of likely N-dealkylation sites (tertiary alicyclic amines) is 1. The fourth-order valence-corrected chi connectivity index (χ4v) is 4.05. The molecule has 0 saturated carbocycles. The second-order valence-corrected chi connectivity index (χ2v) is 7.74. The van der Waals surface area contributed by atoms with Crippen molar-refractivity contribution in [1.82, 2.24) is 35.0 Å². The SMILES string of the molecule is CCOc1ncccc1-c1noc(C2CCCN2C(=O)c2cc(C)ccc2-n2nccn2)n1. The number of ether oxygens (including phenoxy) is 1. The molecule has 168 valence electrons. The minimum Gasteiger partial charge on any atom is -0.477 e. The van der Waals surface area contributed by atoms with Crippen LogP contribution in [0.5, 0.6) is 5.88 Å². The van der Waals surface area contributed by atoms with E-state index in [2.05, 4.69) is 25.3 Å². The summed E-state index contributed by atoms with van der Waals surface area (Å²) in [6, 6.07) is 8.97. The van der Waals surface area contributed by atoms with Gasteiger partial charge >= 0.3 is 0 Å². The van der Waals surface area contributed by atoms with Gasteiger partial charge in [0.1, 0.15) is 6.04 Å². The maximum atomic E-state index is 13.7. The van der Waals surface area contributed by atoms with Crippen molar-refractivity contribution in [2.75, 3.05) is 13.2 Å². The molecule has 0 spiro atoms. The van der Waals surface area contributed by atoms with Crippen molar-refractivity contribution in [3.05, 3.63) is 65.9 Å². The first-order valence-corrected chi connectivity index (χ1v) is 10.9. The topological polar surface area (TPSA) is 112 Å². The predicted molar refractivity (Wildman–Crippen MR) is 118 cm³/mol. The number of hydrogen-bond acceptors (Lipinski definition) is 8. The first kappa shape index (κ1) is 20.8. The van der Waals surface area contributed by atoms with E-state index >= 15 is 0 Å². The number of benzene rings is 1. The molecule has 1 fully saturated rings. The normalized spacial score (nSPS) is 15.7. The lowest BCUT2D eigenvalue weighted by molar-refractivity contribution is 0.0709. The summed E-state index contributed by atoms with van der Waals surface area (Å²) in [7, 11) is 0. The number of hydrogen-bond donors (Lipinski definition) is 0. The van der Waals surface area contributed by atoms with Crippen LogP contribution in [-0.4, -0.2) is 54.1 Å². The summed E-state index contributed by atoms with van der Waals surface area (Å²) in [6.07, 6.45) is 6.40. The van der Waals surface area contributed by atoms with E-state index in [1.54, 1.807) is 29.6 Å². The van der Waals surface area contributed by atoms with Crippen molar-refractivity contribution in [3.8, 4) is 23.0 Å². The summed E-state index contributed by atoms with van der Waals surface area (Å²) in [4.78, 5) is 25.7. The average Bonchev–Trinajstić information content (AvgIpc) is 3.60. The minimum atomic E-state index is -0.315. The number of rotatable bonds is 6. The zero-order valence-electron chi connectivity index (χ0n) is 18.4. The third-order valence-electron chi connectivity index (χ3n) is 5.55. The van der Waals surface area contributed by atoms with E-state index in [1.165, 1.54) is 4.80 Å². The second kappa shape index (κ2) is 8.81. The van der Waals surface area contributed by atoms with Crippen LogP contribution in [0.3, 0.4) is 0 Å². The molecule has 3 aromatic heterocycles. The Bertz CT molecular complexity index is 1270. The Morgan fingerprint density at radius 1 is 1.21 bits per heavy atom. The number of aryl methyl sites for hydroxylation is 1. The number of aromatic nitrogens is 6. The second-order valence-electron chi connectivity index (χ2n) is 7.74. The van der Waals surface area contributed by atoms with Gasteiger partial charge in [0.25, 0.3) is 5.91 Å². The van der Waals surface area contributed by atoms with E-state index in [0.29, 0.717) is 47.6 Å². The van der Waals surface area contributed by atoms with E-state index in [4.69, 9.17) is 9.26 Å². The summed E-state index contributed by atoms with van der Waals surface area (Å²) < 4.78 is 11.2. The molecule has 1 aliphatic rings. The van der Waals surface area contributed by atoms with Gasteiger partial charge in [0, 0.05) is 12.7 Å². The van der Waals surface area contributed by atoms with E-state index in [0.717, 1.165) is 18.4 Å². The summed E-state index contributed by atoms with van der Waals surface area (Å²) in [5, 5.41) is 12.5. The first-order valence-electron chi connectivity index (χ1n) is 10.9. The molecule has 0 bridgehead atoms. The molecule has 4 aromatic rings. The van der Waals surface area contributed by atoms with Crippen molar-refractivity contribution in [2.24, 2.45) is 0 Å². The molecule has 4 heterocycles. The molecule has 0 N–H and O–H groups in total. The lowest BCUT2D eigenvalue weighted by Gasteiger charge is -2.23. The van der Waals surface area contributed by atoms with Crippen LogP contribution in [0.4, 0.5) is 0 Å². The lowest BCUT2D eigenvalue weighted by atomic mass is 10.1. The quantitative estimate of drug-likeness (QED) is 0.444. The number of carbonyl (C=O) groups excluding carboxylic acids is 1. The van der Waals surface area contributed by atoms with Gasteiger partial charge in [-0.1, -0.05) is 16.8 Å². The van der Waals surface area contributed by atoms with Crippen LogP contribution in [-0.2, 0) is 0 Å². The van der Waals surface area contributed by atoms with Gasteiger partial charge in [-0.15, -0.1) is 0 Å². The van der Waals surface area contributed by atoms with Gasteiger partial charge in [-0.05, 0) is 51.0 Å². The maximum Gasteiger partial charge on any atom is 0.256 e. The van der Waals surface area contributed by atoms with E-state index in [9.17, 15) is 4.79 Å². The predicted octanol–water partition coefficient (Wildman–Crippen LogP) is 3.40. The smallest absolute Gasteiger partial charge is 0.256 e. The van der Waals surface area contributed by atoms with Crippen LogP contribution < -0.4 is 4.74 Å². The van der Waals surface area contributed by atoms with Crippen molar-refractivity contribution >= 4 is 5.91 Å². The van der Waals surface area contributed by atoms with E-state index < -0.39 is 0 Å². The molecule has 10 nitrogen and oxygen atoms in total. The molecular weight excluding hydrogens is 422 g/mol. The fraction of sp³-hybridized carbons (Fsp3) is 0.304. The Morgan fingerprint density at radius 3 is 2.88 bits per heavy atom. The highest BCUT2D eigenvalue weighted by Crippen LogP contribution is 2.35. The van der Waals surface area contributed by atoms with Crippen LogP contribution in [0.25, 0.3) is 17.1 Å². The molecule has 0 radical (unpaired) electrons. The molecule has 0 aliphatic carbocycles. The summed E-state index contributed by atoms with van der Waals surface area (Å²) in [5.74, 6) is 1.11. The monoisotopic (exact) mass is 445 g/mol. The Balaban J connectivity index is 1.46. The molecule has 33 heavy (non-hydrogen) atoms. The third-order valence-corrected chi connectivity index (χ3v) is 5.55. The molecular formula is C23H23N7O3. The maximum absolute atomic E-state index is 13.7. The number of amides is 1.